The van der Waals surface area contributed by atoms with E-state index in [9.17, 15) is 9.59 Å². The fourth-order valence-electron chi connectivity index (χ4n) is 5.09. The van der Waals surface area contributed by atoms with Crippen molar-refractivity contribution >= 4 is 40.3 Å². The maximum absolute atomic E-state index is 12.7. The molecule has 9 heteroatoms. The molecule has 3 atom stereocenters. The quantitative estimate of drug-likeness (QED) is 0.0559. The molecule has 1 aliphatic rings. The van der Waals surface area contributed by atoms with Gasteiger partial charge in [0.1, 0.15) is 5.76 Å². The molecule has 0 fully saturated rings. The van der Waals surface area contributed by atoms with Crippen LogP contribution in [0.5, 0.6) is 0 Å². The summed E-state index contributed by atoms with van der Waals surface area (Å²) < 4.78 is 24.6. The summed E-state index contributed by atoms with van der Waals surface area (Å²) in [7, 11) is -2.38. The van der Waals surface area contributed by atoms with Crippen LogP contribution in [0.15, 0.2) is 22.8 Å². The van der Waals surface area contributed by atoms with Crippen LogP contribution in [0.1, 0.15) is 112 Å². The van der Waals surface area contributed by atoms with Gasteiger partial charge >= 0.3 is 11.9 Å². The van der Waals surface area contributed by atoms with E-state index in [0.717, 1.165) is 67.8 Å². The lowest BCUT2D eigenvalue weighted by Crippen LogP contribution is -2.45. The van der Waals surface area contributed by atoms with Gasteiger partial charge in [-0.25, -0.2) is 0 Å². The van der Waals surface area contributed by atoms with Gasteiger partial charge in [-0.3, -0.25) is 9.59 Å². The summed E-state index contributed by atoms with van der Waals surface area (Å²) in [6, 6.07) is 0. The van der Waals surface area contributed by atoms with Crippen molar-refractivity contribution in [2.24, 2.45) is 5.92 Å². The van der Waals surface area contributed by atoms with Gasteiger partial charge in [-0.2, -0.15) is 0 Å². The van der Waals surface area contributed by atoms with Crippen molar-refractivity contribution in [2.75, 3.05) is 12.9 Å². The van der Waals surface area contributed by atoms with Gasteiger partial charge < -0.3 is 18.3 Å². The standard InChI is InChI=1S/C34H64O6SSi2/c1-13-15-23-34(6,40-42(8,9)10)24-19-21-27-28(39-43(11,12)33(3,4)5)26-29(38-31(36)20-14-2)32(27)41-25-18-16-17-22-30(35)37-7/h19,21,27-28H,13-18,20,22-26H2,1-12H3/t27-,28+,34-/m0/s1. The van der Waals surface area contributed by atoms with Crippen molar-refractivity contribution in [2.45, 2.75) is 162 Å². The zero-order chi connectivity index (χ0) is 32.9. The molecule has 6 nitrogen and oxygen atoms in total. The molecular weight excluding hydrogens is 593 g/mol. The number of esters is 2. The van der Waals surface area contributed by atoms with Gasteiger partial charge in [-0.05, 0) is 82.6 Å². The van der Waals surface area contributed by atoms with E-state index >= 15 is 0 Å². The molecule has 0 spiro atoms. The van der Waals surface area contributed by atoms with Crippen molar-refractivity contribution < 1.29 is 27.9 Å². The summed E-state index contributed by atoms with van der Waals surface area (Å²) in [6.45, 7) is 24.7. The van der Waals surface area contributed by atoms with Gasteiger partial charge in [-0.1, -0.05) is 66.0 Å². The van der Waals surface area contributed by atoms with Crippen LogP contribution in [0.25, 0.3) is 0 Å². The molecule has 0 bridgehead atoms. The highest BCUT2D eigenvalue weighted by Gasteiger charge is 2.44. The SMILES string of the molecule is CCCC[C@@](C)(CC=C[C@@H]1C(SCCCCCC(=O)OC)=C(OC(=O)CCC)C[C@H]1O[Si](C)(C)C(C)(C)C)O[Si](C)(C)C. The summed E-state index contributed by atoms with van der Waals surface area (Å²) >= 11 is 1.79. The van der Waals surface area contributed by atoms with E-state index in [1.807, 2.05) is 6.92 Å². The molecule has 0 radical (unpaired) electrons. The first-order valence-electron chi connectivity index (χ1n) is 16.6. The van der Waals surface area contributed by atoms with Crippen LogP contribution in [0.4, 0.5) is 0 Å². The molecule has 0 aromatic rings. The van der Waals surface area contributed by atoms with Crippen LogP contribution in [-0.2, 0) is 27.9 Å². The van der Waals surface area contributed by atoms with Crippen molar-refractivity contribution in [1.82, 2.24) is 0 Å². The van der Waals surface area contributed by atoms with Crippen molar-refractivity contribution in [3.8, 4) is 0 Å². The summed E-state index contributed by atoms with van der Waals surface area (Å²) in [5.74, 6) is 1.38. The highest BCUT2D eigenvalue weighted by Crippen LogP contribution is 2.47. The lowest BCUT2D eigenvalue weighted by Gasteiger charge is -2.40. The molecule has 0 aromatic carbocycles. The number of thioether (sulfide) groups is 1. The van der Waals surface area contributed by atoms with Crippen molar-refractivity contribution in [1.29, 1.82) is 0 Å². The first kappa shape index (κ1) is 40.1. The van der Waals surface area contributed by atoms with Gasteiger partial charge in [0.2, 0.25) is 0 Å². The molecular formula is C34H64O6SSi2. The van der Waals surface area contributed by atoms with Crippen molar-refractivity contribution in [3.63, 3.8) is 0 Å². The topological polar surface area (TPSA) is 71.1 Å². The summed E-state index contributed by atoms with van der Waals surface area (Å²) in [5, 5.41) is 0.0692. The van der Waals surface area contributed by atoms with E-state index in [1.165, 1.54) is 7.11 Å². The monoisotopic (exact) mass is 656 g/mol. The third-order valence-electron chi connectivity index (χ3n) is 8.32. The largest absolute Gasteiger partial charge is 0.469 e. The summed E-state index contributed by atoms with van der Waals surface area (Å²) in [6.07, 6.45) is 13.7. The zero-order valence-electron chi connectivity index (χ0n) is 29.7. The average Bonchev–Trinajstić information content (AvgIpc) is 3.17. The van der Waals surface area contributed by atoms with Crippen LogP contribution in [-0.4, -0.2) is 53.1 Å². The van der Waals surface area contributed by atoms with E-state index in [-0.39, 0.29) is 34.6 Å². The molecule has 0 saturated heterocycles. The molecule has 43 heavy (non-hydrogen) atoms. The van der Waals surface area contributed by atoms with Crippen LogP contribution in [0, 0.1) is 5.92 Å². The number of carbonyl (C=O) groups is 2. The molecule has 0 aromatic heterocycles. The number of carbonyl (C=O) groups excluding carboxylic acids is 2. The second-order valence-corrected chi connectivity index (χ2v) is 25.1. The smallest absolute Gasteiger partial charge is 0.310 e. The number of methoxy groups -OCH3 is 1. The molecule has 250 valence electrons. The highest BCUT2D eigenvalue weighted by molar-refractivity contribution is 8.03. The Labute approximate surface area is 270 Å². The first-order chi connectivity index (χ1) is 19.9. The Hall–Kier alpha value is -0.876. The Bertz CT molecular complexity index is 934. The minimum absolute atomic E-state index is 0.0286. The second kappa shape index (κ2) is 18.3. The van der Waals surface area contributed by atoms with E-state index in [1.54, 1.807) is 11.8 Å². The Kier molecular flexibility index (Phi) is 17.1. The lowest BCUT2D eigenvalue weighted by molar-refractivity contribution is -0.141. The number of rotatable bonds is 20. The molecule has 0 aliphatic heterocycles. The Balaban J connectivity index is 3.34. The molecule has 0 saturated carbocycles. The van der Waals surface area contributed by atoms with E-state index in [2.05, 4.69) is 79.5 Å². The maximum Gasteiger partial charge on any atom is 0.310 e. The van der Waals surface area contributed by atoms with Crippen LogP contribution < -0.4 is 0 Å². The van der Waals surface area contributed by atoms with E-state index < -0.39 is 16.6 Å². The Morgan fingerprint density at radius 3 is 2.16 bits per heavy atom. The molecule has 1 aliphatic carbocycles. The Morgan fingerprint density at radius 1 is 0.930 bits per heavy atom. The fraction of sp³-hybridized carbons (Fsp3) is 0.824. The van der Waals surface area contributed by atoms with Gasteiger partial charge in [0, 0.05) is 30.1 Å². The second-order valence-electron chi connectivity index (χ2n) is 14.8. The predicted octanol–water partition coefficient (Wildman–Crippen LogP) is 10.2. The van der Waals surface area contributed by atoms with Gasteiger partial charge in [0.15, 0.2) is 16.6 Å². The maximum atomic E-state index is 12.7. The summed E-state index contributed by atoms with van der Waals surface area (Å²) in [5.41, 5.74) is -0.196. The zero-order valence-corrected chi connectivity index (χ0v) is 32.5. The van der Waals surface area contributed by atoms with E-state index in [0.29, 0.717) is 19.3 Å². The normalized spacial score (nSPS) is 19.6. The van der Waals surface area contributed by atoms with Gasteiger partial charge in [0.05, 0.1) is 18.8 Å². The molecule has 0 unspecified atom stereocenters. The van der Waals surface area contributed by atoms with E-state index in [4.69, 9.17) is 18.3 Å². The average molecular weight is 657 g/mol. The van der Waals surface area contributed by atoms with Crippen molar-refractivity contribution in [3.05, 3.63) is 22.8 Å². The summed E-state index contributed by atoms with van der Waals surface area (Å²) in [4.78, 5) is 25.4. The van der Waals surface area contributed by atoms with Gasteiger partial charge in [0.25, 0.3) is 0 Å². The third-order valence-corrected chi connectivity index (χ3v) is 15.2. The number of hydrogen-bond acceptors (Lipinski definition) is 7. The fourth-order valence-corrected chi connectivity index (χ4v) is 9.37. The number of ether oxygens (including phenoxy) is 2. The molecule has 0 heterocycles. The van der Waals surface area contributed by atoms with Gasteiger partial charge in [-0.15, -0.1) is 11.8 Å². The van der Waals surface area contributed by atoms with Crippen LogP contribution in [0.3, 0.4) is 0 Å². The van der Waals surface area contributed by atoms with Crippen LogP contribution in [0.2, 0.25) is 37.8 Å². The minimum atomic E-state index is -2.09. The molecule has 1 rings (SSSR count). The molecule has 0 amide bonds. The first-order valence-corrected chi connectivity index (χ1v) is 23.9. The number of hydrogen-bond donors (Lipinski definition) is 0. The number of unbranched alkanes of at least 4 members (excludes halogenated alkanes) is 3. The third kappa shape index (κ3) is 14.8. The lowest BCUT2D eigenvalue weighted by atomic mass is 9.94. The predicted molar refractivity (Wildman–Crippen MR) is 187 cm³/mol. The highest BCUT2D eigenvalue weighted by atomic mass is 32.2. The Morgan fingerprint density at radius 2 is 1.60 bits per heavy atom. The van der Waals surface area contributed by atoms with Crippen LogP contribution >= 0.6 is 11.8 Å². The molecule has 0 N–H and O–H groups in total. The minimum Gasteiger partial charge on any atom is -0.469 e.